The van der Waals surface area contributed by atoms with Gasteiger partial charge in [-0.15, -0.1) is 0 Å². The van der Waals surface area contributed by atoms with E-state index in [0.717, 1.165) is 44.9 Å². The lowest BCUT2D eigenvalue weighted by Gasteiger charge is -2.23. The number of carbonyl (C=O) groups excluding carboxylic acids is 4. The highest BCUT2D eigenvalue weighted by Crippen LogP contribution is 2.28. The van der Waals surface area contributed by atoms with Crippen molar-refractivity contribution in [1.29, 1.82) is 0 Å². The summed E-state index contributed by atoms with van der Waals surface area (Å²) in [4.78, 5) is 50.9. The number of carbonyl (C=O) groups is 4. The third kappa shape index (κ3) is 17.0. The zero-order valence-electron chi connectivity index (χ0n) is 28.3. The highest BCUT2D eigenvalue weighted by molar-refractivity contribution is 6.24. The third-order valence-corrected chi connectivity index (χ3v) is 7.88. The predicted octanol–water partition coefficient (Wildman–Crippen LogP) is 8.22. The number of ketones is 2. The Morgan fingerprint density at radius 1 is 0.591 bits per heavy atom. The summed E-state index contributed by atoms with van der Waals surface area (Å²) in [5, 5.41) is 3.12. The Kier molecular flexibility index (Phi) is 23.0. The van der Waals surface area contributed by atoms with Crippen molar-refractivity contribution < 1.29 is 33.4 Å². The van der Waals surface area contributed by atoms with Gasteiger partial charge in [-0.3, -0.25) is 19.2 Å². The maximum atomic E-state index is 13.6. The number of allylic oxidation sites excluding steroid dienone is 2. The molecule has 0 aromatic carbocycles. The first-order valence-electron chi connectivity index (χ1n) is 17.6. The third-order valence-electron chi connectivity index (χ3n) is 7.88. The minimum absolute atomic E-state index is 0.115. The van der Waals surface area contributed by atoms with E-state index in [1.165, 1.54) is 51.4 Å². The van der Waals surface area contributed by atoms with Crippen molar-refractivity contribution in [1.82, 2.24) is 5.32 Å². The van der Waals surface area contributed by atoms with E-state index in [2.05, 4.69) is 12.2 Å². The van der Waals surface area contributed by atoms with Crippen LogP contribution in [0.3, 0.4) is 0 Å². The molecule has 0 atom stereocenters. The molecule has 252 valence electrons. The number of hydrogen-bond acceptors (Lipinski definition) is 8. The average Bonchev–Trinajstić information content (AvgIpc) is 3.01. The molecule has 8 nitrogen and oxygen atoms in total. The molecular formula is C36H61NO7. The first kappa shape index (κ1) is 39.4. The first-order chi connectivity index (χ1) is 21.4. The van der Waals surface area contributed by atoms with E-state index < -0.39 is 0 Å². The topological polar surface area (TPSA) is 108 Å². The maximum absolute atomic E-state index is 13.6. The quantitative estimate of drug-likeness (QED) is 0.0530. The zero-order chi connectivity index (χ0) is 32.4. The summed E-state index contributed by atoms with van der Waals surface area (Å²) in [5.74, 6) is -0.925. The normalized spacial score (nSPS) is 13.5. The van der Waals surface area contributed by atoms with Crippen molar-refractivity contribution in [3.63, 3.8) is 0 Å². The van der Waals surface area contributed by atoms with Gasteiger partial charge < -0.3 is 19.5 Å². The summed E-state index contributed by atoms with van der Waals surface area (Å²) in [6.45, 7) is 9.34. The van der Waals surface area contributed by atoms with E-state index in [9.17, 15) is 19.2 Å². The van der Waals surface area contributed by atoms with Crippen LogP contribution in [-0.2, 0) is 33.4 Å². The molecule has 8 heteroatoms. The number of ether oxygens (including phenoxy) is 3. The highest BCUT2D eigenvalue weighted by atomic mass is 16.5. The van der Waals surface area contributed by atoms with Crippen LogP contribution in [0.2, 0.25) is 0 Å². The summed E-state index contributed by atoms with van der Waals surface area (Å²) in [6, 6.07) is 0. The van der Waals surface area contributed by atoms with Crippen molar-refractivity contribution in [2.75, 3.05) is 26.4 Å². The lowest BCUT2D eigenvalue weighted by Crippen LogP contribution is -2.32. The van der Waals surface area contributed by atoms with Crippen molar-refractivity contribution in [3.8, 4) is 0 Å². The molecule has 0 aromatic heterocycles. The standard InChI is InChI=1S/C36H61NO7/c1-5-8-11-12-13-14-15-16-17-18-19-22-30-35(41)33(37-25-20-23-31(38)42-26-9-6-2)29(4)34(40)36(30)44-28-21-24-32(39)43-27-10-7-3/h37H,5-28H2,1-4H3. The van der Waals surface area contributed by atoms with Gasteiger partial charge in [-0.1, -0.05) is 97.8 Å². The van der Waals surface area contributed by atoms with Gasteiger partial charge in [0.1, 0.15) is 0 Å². The second-order valence-corrected chi connectivity index (χ2v) is 11.9. The van der Waals surface area contributed by atoms with Gasteiger partial charge in [0.15, 0.2) is 5.76 Å². The van der Waals surface area contributed by atoms with Gasteiger partial charge in [0.2, 0.25) is 11.6 Å². The lowest BCUT2D eigenvalue weighted by molar-refractivity contribution is -0.144. The number of hydrogen-bond donors (Lipinski definition) is 1. The zero-order valence-corrected chi connectivity index (χ0v) is 28.3. The summed E-state index contributed by atoms with van der Waals surface area (Å²) in [7, 11) is 0. The summed E-state index contributed by atoms with van der Waals surface area (Å²) in [6.07, 6.45) is 18.6. The molecule has 0 radical (unpaired) electrons. The van der Waals surface area contributed by atoms with Gasteiger partial charge in [-0.2, -0.15) is 0 Å². The molecule has 0 amide bonds. The van der Waals surface area contributed by atoms with Crippen molar-refractivity contribution in [3.05, 3.63) is 22.6 Å². The summed E-state index contributed by atoms with van der Waals surface area (Å²) < 4.78 is 16.3. The number of rotatable bonds is 28. The van der Waals surface area contributed by atoms with Gasteiger partial charge >= 0.3 is 11.9 Å². The Labute approximate surface area is 267 Å². The van der Waals surface area contributed by atoms with Gasteiger partial charge in [0.25, 0.3) is 0 Å². The molecule has 1 rings (SSSR count). The van der Waals surface area contributed by atoms with Crippen LogP contribution in [0, 0.1) is 0 Å². The Balaban J connectivity index is 2.69. The molecule has 1 N–H and O–H groups in total. The molecule has 0 saturated carbocycles. The first-order valence-corrected chi connectivity index (χ1v) is 17.6. The van der Waals surface area contributed by atoms with Crippen LogP contribution in [0.25, 0.3) is 0 Å². The SMILES string of the molecule is CCCCCCCCCCCCCC1=C(OCCCC(=O)OCCCC)C(=O)C(C)=C(NCCCC(=O)OCCCC)C1=O. The fraction of sp³-hybridized carbons (Fsp3) is 0.778. The second kappa shape index (κ2) is 25.7. The molecule has 1 aliphatic rings. The smallest absolute Gasteiger partial charge is 0.305 e. The molecular weight excluding hydrogens is 558 g/mol. The molecule has 0 bridgehead atoms. The Morgan fingerprint density at radius 2 is 1.09 bits per heavy atom. The minimum atomic E-state index is -0.297. The van der Waals surface area contributed by atoms with Gasteiger partial charge in [-0.05, 0) is 45.4 Å². The molecule has 0 heterocycles. The van der Waals surface area contributed by atoms with Crippen molar-refractivity contribution in [2.24, 2.45) is 0 Å². The molecule has 0 aromatic rings. The fourth-order valence-electron chi connectivity index (χ4n) is 5.05. The molecule has 0 saturated heterocycles. The molecule has 0 spiro atoms. The van der Waals surface area contributed by atoms with Crippen LogP contribution in [0.15, 0.2) is 22.6 Å². The largest absolute Gasteiger partial charge is 0.489 e. The van der Waals surface area contributed by atoms with Crippen molar-refractivity contribution in [2.45, 2.75) is 156 Å². The van der Waals surface area contributed by atoms with Crippen molar-refractivity contribution >= 4 is 23.5 Å². The van der Waals surface area contributed by atoms with E-state index in [-0.39, 0.29) is 48.7 Å². The summed E-state index contributed by atoms with van der Waals surface area (Å²) >= 11 is 0. The number of Topliss-reactive ketones (excluding diaryl/α,β-unsaturated/α-hetero) is 2. The number of unbranched alkanes of at least 4 members (excludes halogenated alkanes) is 12. The van der Waals surface area contributed by atoms with E-state index >= 15 is 0 Å². The van der Waals surface area contributed by atoms with E-state index in [1.54, 1.807) is 6.92 Å². The van der Waals surface area contributed by atoms with Crippen LogP contribution in [-0.4, -0.2) is 49.9 Å². The van der Waals surface area contributed by atoms with E-state index in [4.69, 9.17) is 14.2 Å². The monoisotopic (exact) mass is 619 g/mol. The van der Waals surface area contributed by atoms with E-state index in [1.807, 2.05) is 13.8 Å². The Morgan fingerprint density at radius 3 is 1.64 bits per heavy atom. The molecule has 44 heavy (non-hydrogen) atoms. The molecule has 0 aliphatic heterocycles. The van der Waals surface area contributed by atoms with Gasteiger partial charge in [-0.25, -0.2) is 0 Å². The lowest BCUT2D eigenvalue weighted by atomic mass is 9.89. The molecule has 0 fully saturated rings. The fourth-order valence-corrected chi connectivity index (χ4v) is 5.05. The second-order valence-electron chi connectivity index (χ2n) is 11.9. The number of esters is 2. The maximum Gasteiger partial charge on any atom is 0.305 e. The van der Waals surface area contributed by atoms with Crippen LogP contribution >= 0.6 is 0 Å². The Bertz CT molecular complexity index is 921. The van der Waals surface area contributed by atoms with E-state index in [0.29, 0.717) is 55.9 Å². The Hall–Kier alpha value is -2.64. The summed E-state index contributed by atoms with van der Waals surface area (Å²) in [5.41, 5.74) is 1.01. The highest BCUT2D eigenvalue weighted by Gasteiger charge is 2.33. The van der Waals surface area contributed by atoms with Gasteiger partial charge in [0, 0.05) is 30.5 Å². The predicted molar refractivity (Wildman–Crippen MR) is 175 cm³/mol. The van der Waals surface area contributed by atoms with Crippen LogP contribution in [0.5, 0.6) is 0 Å². The van der Waals surface area contributed by atoms with Crippen LogP contribution in [0.4, 0.5) is 0 Å². The minimum Gasteiger partial charge on any atom is -0.489 e. The number of nitrogens with one attached hydrogen (secondary N) is 1. The average molecular weight is 620 g/mol. The molecule has 0 unspecified atom stereocenters. The van der Waals surface area contributed by atoms with Crippen LogP contribution in [0.1, 0.15) is 156 Å². The van der Waals surface area contributed by atoms with Crippen LogP contribution < -0.4 is 5.32 Å². The molecule has 1 aliphatic carbocycles. The van der Waals surface area contributed by atoms with Gasteiger partial charge in [0.05, 0.1) is 25.5 Å².